The molecule has 3 heterocycles. The molecule has 3 aliphatic rings. The van der Waals surface area contributed by atoms with E-state index in [1.54, 1.807) is 14.2 Å². The number of methoxy groups -OCH3 is 2. The number of benzene rings is 1. The Morgan fingerprint density at radius 2 is 1.96 bits per heavy atom. The summed E-state index contributed by atoms with van der Waals surface area (Å²) in [5, 5.41) is 0. The van der Waals surface area contributed by atoms with Crippen molar-refractivity contribution in [1.82, 2.24) is 9.80 Å². The lowest BCUT2D eigenvalue weighted by molar-refractivity contribution is 0.131. The van der Waals surface area contributed by atoms with Crippen LogP contribution in [0, 0.1) is 5.92 Å². The van der Waals surface area contributed by atoms with E-state index in [4.69, 9.17) is 9.47 Å². The zero-order valence-corrected chi connectivity index (χ0v) is 14.8. The Balaban J connectivity index is 1.74. The van der Waals surface area contributed by atoms with Crippen molar-refractivity contribution in [3.8, 4) is 11.5 Å². The molecule has 23 heavy (non-hydrogen) atoms. The Bertz CT molecular complexity index is 520. The predicted molar refractivity (Wildman–Crippen MR) is 93.2 cm³/mol. The highest BCUT2D eigenvalue weighted by Gasteiger charge is 2.34. The van der Waals surface area contributed by atoms with Gasteiger partial charge in [0.05, 0.1) is 14.2 Å². The summed E-state index contributed by atoms with van der Waals surface area (Å²) in [6.07, 6.45) is 4.00. The third kappa shape index (κ3) is 3.64. The second-order valence-corrected chi connectivity index (χ2v) is 6.94. The van der Waals surface area contributed by atoms with Crippen LogP contribution in [-0.4, -0.2) is 56.2 Å². The summed E-state index contributed by atoms with van der Waals surface area (Å²) in [6, 6.07) is 6.92. The normalized spacial score (nSPS) is 25.3. The smallest absolute Gasteiger partial charge is 0.165 e. The van der Waals surface area contributed by atoms with Crippen molar-refractivity contribution in [3.05, 3.63) is 23.8 Å². The highest BCUT2D eigenvalue weighted by molar-refractivity contribution is 5.46. The minimum atomic E-state index is 0.727. The Morgan fingerprint density at radius 1 is 1.09 bits per heavy atom. The van der Waals surface area contributed by atoms with Gasteiger partial charge in [-0.05, 0) is 37.8 Å². The highest BCUT2D eigenvalue weighted by atomic mass is 16.5. The van der Waals surface area contributed by atoms with Gasteiger partial charge in [-0.25, -0.2) is 0 Å². The molecule has 3 fully saturated rings. The van der Waals surface area contributed by atoms with E-state index in [9.17, 15) is 0 Å². The van der Waals surface area contributed by atoms with Crippen LogP contribution in [0.1, 0.15) is 31.7 Å². The summed E-state index contributed by atoms with van der Waals surface area (Å²) in [4.78, 5) is 5.34. The van der Waals surface area contributed by atoms with Gasteiger partial charge in [-0.3, -0.25) is 9.80 Å². The van der Waals surface area contributed by atoms with Crippen molar-refractivity contribution in [2.45, 2.75) is 38.8 Å². The maximum Gasteiger partial charge on any atom is 0.165 e. The number of fused-ring (bicyclic) bond motifs is 4. The minimum absolute atomic E-state index is 0.727. The Hall–Kier alpha value is -1.26. The van der Waals surface area contributed by atoms with Gasteiger partial charge in [0.2, 0.25) is 0 Å². The molecule has 128 valence electrons. The fourth-order valence-electron chi connectivity index (χ4n) is 4.29. The van der Waals surface area contributed by atoms with Crippen molar-refractivity contribution >= 4 is 0 Å². The SMILES string of the molecule is CCCN1C[C@H]2CC[C@@H]1CN(Cc1cccc(OC)c1OC)C2. The third-order valence-electron chi connectivity index (χ3n) is 5.29. The van der Waals surface area contributed by atoms with Crippen LogP contribution in [-0.2, 0) is 6.54 Å². The van der Waals surface area contributed by atoms with Crippen LogP contribution in [0.4, 0.5) is 0 Å². The highest BCUT2D eigenvalue weighted by Crippen LogP contribution is 2.34. The quantitative estimate of drug-likeness (QED) is 0.805. The number of rotatable bonds is 6. The van der Waals surface area contributed by atoms with E-state index in [1.807, 2.05) is 6.07 Å². The molecule has 0 amide bonds. The van der Waals surface area contributed by atoms with Crippen molar-refractivity contribution in [2.75, 3.05) is 40.4 Å². The van der Waals surface area contributed by atoms with Gasteiger partial charge in [0, 0.05) is 37.8 Å². The molecule has 4 nitrogen and oxygen atoms in total. The minimum Gasteiger partial charge on any atom is -0.493 e. The van der Waals surface area contributed by atoms with Crippen LogP contribution >= 0.6 is 0 Å². The number of nitrogens with zero attached hydrogens (tertiary/aromatic N) is 2. The number of piperidine rings is 1. The van der Waals surface area contributed by atoms with Gasteiger partial charge in [-0.1, -0.05) is 19.1 Å². The monoisotopic (exact) mass is 318 g/mol. The van der Waals surface area contributed by atoms with E-state index in [-0.39, 0.29) is 0 Å². The van der Waals surface area contributed by atoms with Crippen LogP contribution in [0.25, 0.3) is 0 Å². The third-order valence-corrected chi connectivity index (χ3v) is 5.29. The standard InChI is InChI=1S/C19H30N2O2/c1-4-10-21-12-15-8-9-17(21)14-20(11-15)13-16-6-5-7-18(22-2)19(16)23-3/h5-7,15,17H,4,8-14H2,1-3H3/t15-,17+/m0/s1. The summed E-state index contributed by atoms with van der Waals surface area (Å²) in [6.45, 7) is 8.15. The molecule has 2 atom stereocenters. The number of hydrogen-bond donors (Lipinski definition) is 0. The molecule has 1 aromatic carbocycles. The maximum absolute atomic E-state index is 5.61. The average molecular weight is 318 g/mol. The van der Waals surface area contributed by atoms with E-state index in [0.717, 1.165) is 30.0 Å². The summed E-state index contributed by atoms with van der Waals surface area (Å²) >= 11 is 0. The number of para-hydroxylation sites is 1. The van der Waals surface area contributed by atoms with Crippen molar-refractivity contribution < 1.29 is 9.47 Å². The van der Waals surface area contributed by atoms with E-state index >= 15 is 0 Å². The van der Waals surface area contributed by atoms with Gasteiger partial charge < -0.3 is 9.47 Å². The predicted octanol–water partition coefficient (Wildman–Crippen LogP) is 3.01. The first-order valence-corrected chi connectivity index (χ1v) is 8.91. The molecule has 3 aliphatic heterocycles. The first-order chi connectivity index (χ1) is 11.2. The molecule has 4 rings (SSSR count). The van der Waals surface area contributed by atoms with Gasteiger partial charge in [-0.15, -0.1) is 0 Å². The van der Waals surface area contributed by atoms with Gasteiger partial charge in [-0.2, -0.15) is 0 Å². The van der Waals surface area contributed by atoms with Crippen LogP contribution < -0.4 is 9.47 Å². The Labute approximate surface area is 140 Å². The van der Waals surface area contributed by atoms with E-state index in [0.29, 0.717) is 0 Å². The van der Waals surface area contributed by atoms with Gasteiger partial charge in [0.1, 0.15) is 0 Å². The van der Waals surface area contributed by atoms with Gasteiger partial charge in [0.15, 0.2) is 11.5 Å². The summed E-state index contributed by atoms with van der Waals surface area (Å²) in [5.41, 5.74) is 1.23. The molecule has 3 saturated heterocycles. The molecule has 0 unspecified atom stereocenters. The topological polar surface area (TPSA) is 24.9 Å². The van der Waals surface area contributed by atoms with E-state index < -0.39 is 0 Å². The summed E-state index contributed by atoms with van der Waals surface area (Å²) in [5.74, 6) is 2.53. The fraction of sp³-hybridized carbons (Fsp3) is 0.684. The van der Waals surface area contributed by atoms with Crippen LogP contribution in [0.15, 0.2) is 18.2 Å². The molecule has 0 N–H and O–H groups in total. The van der Waals surface area contributed by atoms with E-state index in [2.05, 4.69) is 28.9 Å². The van der Waals surface area contributed by atoms with Crippen LogP contribution in [0.5, 0.6) is 11.5 Å². The van der Waals surface area contributed by atoms with Crippen LogP contribution in [0.3, 0.4) is 0 Å². The average Bonchev–Trinajstić information content (AvgIpc) is 2.85. The van der Waals surface area contributed by atoms with Gasteiger partial charge >= 0.3 is 0 Å². The number of ether oxygens (including phenoxy) is 2. The second kappa shape index (κ2) is 7.54. The molecule has 0 aliphatic carbocycles. The zero-order chi connectivity index (χ0) is 16.2. The molecule has 0 radical (unpaired) electrons. The summed E-state index contributed by atoms with van der Waals surface area (Å²) < 4.78 is 11.0. The molecule has 0 spiro atoms. The molecule has 0 saturated carbocycles. The molecular weight excluding hydrogens is 288 g/mol. The molecule has 2 bridgehead atoms. The van der Waals surface area contributed by atoms with Crippen molar-refractivity contribution in [2.24, 2.45) is 5.92 Å². The lowest BCUT2D eigenvalue weighted by Crippen LogP contribution is -2.44. The molecule has 4 heteroatoms. The largest absolute Gasteiger partial charge is 0.493 e. The van der Waals surface area contributed by atoms with Crippen LogP contribution in [0.2, 0.25) is 0 Å². The van der Waals surface area contributed by atoms with E-state index in [1.165, 1.54) is 51.0 Å². The molecule has 1 aromatic rings. The van der Waals surface area contributed by atoms with Crippen molar-refractivity contribution in [1.29, 1.82) is 0 Å². The first-order valence-electron chi connectivity index (χ1n) is 8.91. The lowest BCUT2D eigenvalue weighted by atomic mass is 9.95. The summed E-state index contributed by atoms with van der Waals surface area (Å²) in [7, 11) is 3.44. The van der Waals surface area contributed by atoms with Gasteiger partial charge in [0.25, 0.3) is 0 Å². The Kier molecular flexibility index (Phi) is 5.44. The first kappa shape index (κ1) is 16.6. The second-order valence-electron chi connectivity index (χ2n) is 6.94. The number of hydrogen-bond acceptors (Lipinski definition) is 4. The fourth-order valence-corrected chi connectivity index (χ4v) is 4.29. The van der Waals surface area contributed by atoms with Crippen molar-refractivity contribution in [3.63, 3.8) is 0 Å². The maximum atomic E-state index is 5.61. The molecular formula is C19H30N2O2. The lowest BCUT2D eigenvalue weighted by Gasteiger charge is -2.35. The molecule has 0 aromatic heterocycles. The zero-order valence-electron chi connectivity index (χ0n) is 14.8. The Morgan fingerprint density at radius 3 is 2.70 bits per heavy atom.